The summed E-state index contributed by atoms with van der Waals surface area (Å²) < 4.78 is 0. The second kappa shape index (κ2) is 4.93. The number of nitriles is 1. The van der Waals surface area contributed by atoms with Gasteiger partial charge in [-0.2, -0.15) is 5.26 Å². The highest BCUT2D eigenvalue weighted by atomic mass is 16.3. The molecule has 1 heterocycles. The van der Waals surface area contributed by atoms with Crippen molar-refractivity contribution in [2.75, 3.05) is 11.9 Å². The van der Waals surface area contributed by atoms with E-state index in [4.69, 9.17) is 16.1 Å². The van der Waals surface area contributed by atoms with Crippen molar-refractivity contribution in [3.63, 3.8) is 0 Å². The molecule has 1 atom stereocenters. The molecule has 0 saturated heterocycles. The van der Waals surface area contributed by atoms with Gasteiger partial charge in [-0.15, -0.1) is 0 Å². The number of carbonyl (C=O) groups is 1. The summed E-state index contributed by atoms with van der Waals surface area (Å²) in [6.45, 7) is 0.0168. The second-order valence-electron chi connectivity index (χ2n) is 2.84. The minimum Gasteiger partial charge on any atom is -0.381 e. The molecule has 0 aliphatic rings. The molecule has 0 radical (unpaired) electrons. The number of primary amides is 1. The van der Waals surface area contributed by atoms with Gasteiger partial charge in [-0.3, -0.25) is 4.79 Å². The van der Waals surface area contributed by atoms with E-state index >= 15 is 0 Å². The molecule has 0 spiro atoms. The van der Waals surface area contributed by atoms with Crippen molar-refractivity contribution in [2.24, 2.45) is 5.73 Å². The average Bonchev–Trinajstić information content (AvgIpc) is 2.26. The molecule has 1 amide bonds. The number of aromatic nitrogens is 1. The zero-order valence-electron chi connectivity index (χ0n) is 7.84. The summed E-state index contributed by atoms with van der Waals surface area (Å²) in [6, 6.07) is 5.03. The summed E-state index contributed by atoms with van der Waals surface area (Å²) >= 11 is 0. The van der Waals surface area contributed by atoms with E-state index in [0.29, 0.717) is 11.4 Å². The predicted octanol–water partition coefficient (Wildman–Crippen LogP) is -0.789. The maximum Gasteiger partial charge on any atom is 0.248 e. The third kappa shape index (κ3) is 3.25. The van der Waals surface area contributed by atoms with E-state index in [-0.39, 0.29) is 6.54 Å². The van der Waals surface area contributed by atoms with Gasteiger partial charge in [0.05, 0.1) is 11.9 Å². The highest BCUT2D eigenvalue weighted by molar-refractivity contribution is 5.79. The topological polar surface area (TPSA) is 112 Å². The fourth-order valence-corrected chi connectivity index (χ4v) is 0.880. The molecule has 0 bridgehead atoms. The molecule has 0 aliphatic carbocycles. The zero-order valence-corrected chi connectivity index (χ0v) is 7.84. The molecule has 0 aromatic carbocycles. The van der Waals surface area contributed by atoms with Crippen LogP contribution in [0.2, 0.25) is 0 Å². The molecule has 4 N–H and O–H groups in total. The number of hydrogen-bond donors (Lipinski definition) is 3. The van der Waals surface area contributed by atoms with E-state index < -0.39 is 12.0 Å². The van der Waals surface area contributed by atoms with Gasteiger partial charge in [-0.25, -0.2) is 4.98 Å². The lowest BCUT2D eigenvalue weighted by Gasteiger charge is -2.08. The first kappa shape index (κ1) is 10.9. The first-order valence-electron chi connectivity index (χ1n) is 4.21. The summed E-state index contributed by atoms with van der Waals surface area (Å²) in [6.07, 6.45) is 0.201. The number of carbonyl (C=O) groups excluding carboxylic acids is 1. The normalized spacial score (nSPS) is 11.5. The van der Waals surface area contributed by atoms with E-state index in [1.54, 1.807) is 6.07 Å². The summed E-state index contributed by atoms with van der Waals surface area (Å²) in [5.74, 6) is -0.788. The van der Waals surface area contributed by atoms with Gasteiger partial charge in [0, 0.05) is 6.54 Å². The van der Waals surface area contributed by atoms with Gasteiger partial charge in [0.2, 0.25) is 5.91 Å². The lowest BCUT2D eigenvalue weighted by Crippen LogP contribution is -2.34. The SMILES string of the molecule is N#Cc1ccc(NCC(O)C(N)=O)cn1. The molecule has 1 aromatic heterocycles. The Balaban J connectivity index is 2.52. The van der Waals surface area contributed by atoms with Gasteiger partial charge in [0.1, 0.15) is 17.9 Å². The maximum absolute atomic E-state index is 10.5. The lowest BCUT2D eigenvalue weighted by molar-refractivity contribution is -0.125. The molecule has 1 unspecified atom stereocenters. The van der Waals surface area contributed by atoms with Crippen LogP contribution in [0.1, 0.15) is 5.69 Å². The van der Waals surface area contributed by atoms with Crippen molar-refractivity contribution in [1.82, 2.24) is 4.98 Å². The van der Waals surface area contributed by atoms with Crippen LogP contribution in [0, 0.1) is 11.3 Å². The molecular formula is C9H10N4O2. The van der Waals surface area contributed by atoms with Gasteiger partial charge in [0.15, 0.2) is 0 Å². The van der Waals surface area contributed by atoms with Gasteiger partial charge in [-0.05, 0) is 12.1 Å². The summed E-state index contributed by atoms with van der Waals surface area (Å²) in [4.78, 5) is 14.3. The average molecular weight is 206 g/mol. The molecular weight excluding hydrogens is 196 g/mol. The molecule has 6 nitrogen and oxygen atoms in total. The number of amides is 1. The van der Waals surface area contributed by atoms with Crippen molar-refractivity contribution < 1.29 is 9.90 Å². The quantitative estimate of drug-likeness (QED) is 0.597. The first-order valence-corrected chi connectivity index (χ1v) is 4.21. The molecule has 15 heavy (non-hydrogen) atoms. The van der Waals surface area contributed by atoms with Gasteiger partial charge < -0.3 is 16.2 Å². The number of aliphatic hydroxyl groups excluding tert-OH is 1. The van der Waals surface area contributed by atoms with Crippen LogP contribution in [0.3, 0.4) is 0 Å². The molecule has 0 aliphatic heterocycles. The molecule has 6 heteroatoms. The zero-order chi connectivity index (χ0) is 11.3. The van der Waals surface area contributed by atoms with E-state index in [2.05, 4.69) is 10.3 Å². The van der Waals surface area contributed by atoms with Crippen molar-refractivity contribution in [3.8, 4) is 6.07 Å². The Bertz CT molecular complexity index is 382. The van der Waals surface area contributed by atoms with Gasteiger partial charge >= 0.3 is 0 Å². The Morgan fingerprint density at radius 2 is 2.47 bits per heavy atom. The first-order chi connectivity index (χ1) is 7.13. The number of nitrogens with two attached hydrogens (primary N) is 1. The Hall–Kier alpha value is -2.13. The number of hydrogen-bond acceptors (Lipinski definition) is 5. The standard InChI is InChI=1S/C9H10N4O2/c10-3-6-1-2-7(4-12-6)13-5-8(14)9(11)15/h1-2,4,8,13-14H,5H2,(H2,11,15). The van der Waals surface area contributed by atoms with Crippen LogP contribution >= 0.6 is 0 Å². The van der Waals surface area contributed by atoms with Crippen molar-refractivity contribution in [3.05, 3.63) is 24.0 Å². The highest BCUT2D eigenvalue weighted by Gasteiger charge is 2.09. The molecule has 0 fully saturated rings. The fourth-order valence-electron chi connectivity index (χ4n) is 0.880. The largest absolute Gasteiger partial charge is 0.381 e. The molecule has 78 valence electrons. The monoisotopic (exact) mass is 206 g/mol. The Morgan fingerprint density at radius 3 is 2.93 bits per heavy atom. The maximum atomic E-state index is 10.5. The molecule has 0 saturated carbocycles. The smallest absolute Gasteiger partial charge is 0.248 e. The van der Waals surface area contributed by atoms with Crippen LogP contribution in [0.25, 0.3) is 0 Å². The summed E-state index contributed by atoms with van der Waals surface area (Å²) in [7, 11) is 0. The minimum absolute atomic E-state index is 0.0168. The minimum atomic E-state index is -1.24. The predicted molar refractivity (Wildman–Crippen MR) is 52.6 cm³/mol. The lowest BCUT2D eigenvalue weighted by atomic mass is 10.3. The van der Waals surface area contributed by atoms with Crippen molar-refractivity contribution in [2.45, 2.75) is 6.10 Å². The van der Waals surface area contributed by atoms with Crippen molar-refractivity contribution in [1.29, 1.82) is 5.26 Å². The van der Waals surface area contributed by atoms with Crippen molar-refractivity contribution >= 4 is 11.6 Å². The number of anilines is 1. The van der Waals surface area contributed by atoms with E-state index in [1.807, 2.05) is 6.07 Å². The van der Waals surface area contributed by atoms with Gasteiger partial charge in [0.25, 0.3) is 0 Å². The molecule has 1 aromatic rings. The van der Waals surface area contributed by atoms with E-state index in [1.165, 1.54) is 12.3 Å². The number of nitrogens with one attached hydrogen (secondary N) is 1. The number of aliphatic hydroxyl groups is 1. The summed E-state index contributed by atoms with van der Waals surface area (Å²) in [5, 5.41) is 20.3. The van der Waals surface area contributed by atoms with Crippen LogP contribution in [-0.2, 0) is 4.79 Å². The van der Waals surface area contributed by atoms with Crippen LogP contribution in [-0.4, -0.2) is 28.6 Å². The second-order valence-corrected chi connectivity index (χ2v) is 2.84. The van der Waals surface area contributed by atoms with Crippen LogP contribution in [0.5, 0.6) is 0 Å². The fraction of sp³-hybridized carbons (Fsp3) is 0.222. The van der Waals surface area contributed by atoms with E-state index in [0.717, 1.165) is 0 Å². The van der Waals surface area contributed by atoms with Crippen LogP contribution in [0.15, 0.2) is 18.3 Å². The third-order valence-electron chi connectivity index (χ3n) is 1.71. The number of pyridine rings is 1. The van der Waals surface area contributed by atoms with Crippen LogP contribution in [0.4, 0.5) is 5.69 Å². The highest BCUT2D eigenvalue weighted by Crippen LogP contribution is 2.05. The van der Waals surface area contributed by atoms with Gasteiger partial charge in [-0.1, -0.05) is 0 Å². The number of nitrogens with zero attached hydrogens (tertiary/aromatic N) is 2. The Kier molecular flexibility index (Phi) is 3.60. The Labute approximate surface area is 86.3 Å². The third-order valence-corrected chi connectivity index (χ3v) is 1.71. The van der Waals surface area contributed by atoms with E-state index in [9.17, 15) is 4.79 Å². The number of rotatable bonds is 4. The van der Waals surface area contributed by atoms with Crippen LogP contribution < -0.4 is 11.1 Å². The molecule has 1 rings (SSSR count). The Morgan fingerprint density at radius 1 is 1.73 bits per heavy atom. The summed E-state index contributed by atoms with van der Waals surface area (Å²) in [5.41, 5.74) is 5.77.